The zero-order valence-electron chi connectivity index (χ0n) is 18.1. The molecule has 0 aromatic heterocycles. The van der Waals surface area contributed by atoms with Gasteiger partial charge in [-0.3, -0.25) is 0 Å². The molecule has 1 saturated heterocycles. The van der Waals surface area contributed by atoms with Gasteiger partial charge in [-0.15, -0.1) is 0 Å². The number of hydrogen-bond acceptors (Lipinski definition) is 7. The molecule has 4 N–H and O–H groups in total. The summed E-state index contributed by atoms with van der Waals surface area (Å²) in [5.41, 5.74) is 3.24. The van der Waals surface area contributed by atoms with E-state index in [4.69, 9.17) is 25.8 Å². The molecule has 1 unspecified atom stereocenters. The lowest BCUT2D eigenvalue weighted by atomic mass is 9.87. The van der Waals surface area contributed by atoms with Crippen molar-refractivity contribution < 1.29 is 34.6 Å². The minimum absolute atomic E-state index is 0.447. The first-order valence-corrected chi connectivity index (χ1v) is 11.3. The predicted molar refractivity (Wildman–Crippen MR) is 118 cm³/mol. The molecule has 0 bridgehead atoms. The quantitative estimate of drug-likeness (QED) is 0.518. The van der Waals surface area contributed by atoms with E-state index in [2.05, 4.69) is 0 Å². The molecule has 2 aliphatic heterocycles. The SMILES string of the molecule is CCOc1ccc(Cc2cc([C@@H]3O[C@H](C(C)O)[C@@H](O)[C@H](O)[C@H]3O)c3c(c2Cl)CCO3)cc1. The van der Waals surface area contributed by atoms with Crippen LogP contribution in [0.1, 0.15) is 42.2 Å². The first-order chi connectivity index (χ1) is 15.3. The first-order valence-electron chi connectivity index (χ1n) is 10.9. The second kappa shape index (κ2) is 9.55. The average Bonchev–Trinajstić information content (AvgIpc) is 3.26. The topological polar surface area (TPSA) is 109 Å². The summed E-state index contributed by atoms with van der Waals surface area (Å²) >= 11 is 6.73. The molecule has 2 heterocycles. The largest absolute Gasteiger partial charge is 0.494 e. The number of ether oxygens (including phenoxy) is 3. The van der Waals surface area contributed by atoms with Crippen LogP contribution in [0.15, 0.2) is 30.3 Å². The van der Waals surface area contributed by atoms with Crippen LogP contribution in [0.2, 0.25) is 5.02 Å². The Morgan fingerprint density at radius 2 is 1.84 bits per heavy atom. The highest BCUT2D eigenvalue weighted by Crippen LogP contribution is 2.45. The maximum Gasteiger partial charge on any atom is 0.130 e. The summed E-state index contributed by atoms with van der Waals surface area (Å²) in [6.07, 6.45) is -6.21. The van der Waals surface area contributed by atoms with E-state index in [-0.39, 0.29) is 0 Å². The van der Waals surface area contributed by atoms with Gasteiger partial charge in [-0.1, -0.05) is 23.7 Å². The normalized spacial score (nSPS) is 28.2. The maximum atomic E-state index is 10.7. The highest BCUT2D eigenvalue weighted by molar-refractivity contribution is 6.32. The lowest BCUT2D eigenvalue weighted by molar-refractivity contribution is -0.243. The molecule has 6 atom stereocenters. The molecule has 2 aromatic carbocycles. The van der Waals surface area contributed by atoms with Gasteiger partial charge in [0, 0.05) is 17.5 Å². The number of hydrogen-bond donors (Lipinski definition) is 4. The number of rotatable bonds is 6. The van der Waals surface area contributed by atoms with Gasteiger partial charge in [-0.2, -0.15) is 0 Å². The van der Waals surface area contributed by atoms with Gasteiger partial charge in [-0.05, 0) is 49.6 Å². The smallest absolute Gasteiger partial charge is 0.130 e. The molecule has 0 saturated carbocycles. The van der Waals surface area contributed by atoms with Crippen LogP contribution in [0, 0.1) is 0 Å². The average molecular weight is 465 g/mol. The number of fused-ring (bicyclic) bond motifs is 1. The summed E-state index contributed by atoms with van der Waals surface area (Å²) in [5.74, 6) is 1.32. The van der Waals surface area contributed by atoms with E-state index in [0.717, 1.165) is 22.4 Å². The Balaban J connectivity index is 1.70. The van der Waals surface area contributed by atoms with Crippen LogP contribution in [0.5, 0.6) is 11.5 Å². The summed E-state index contributed by atoms with van der Waals surface area (Å²) in [5, 5.41) is 42.0. The molecule has 2 aromatic rings. The van der Waals surface area contributed by atoms with Crippen molar-refractivity contribution in [3.63, 3.8) is 0 Å². The Morgan fingerprint density at radius 3 is 2.50 bits per heavy atom. The molecule has 0 radical (unpaired) electrons. The second-order valence-electron chi connectivity index (χ2n) is 8.33. The van der Waals surface area contributed by atoms with Gasteiger partial charge in [0.25, 0.3) is 0 Å². The fourth-order valence-electron chi connectivity index (χ4n) is 4.43. The Kier molecular flexibility index (Phi) is 6.95. The summed E-state index contributed by atoms with van der Waals surface area (Å²) in [7, 11) is 0. The molecule has 0 amide bonds. The van der Waals surface area contributed by atoms with Crippen molar-refractivity contribution in [1.82, 2.24) is 0 Å². The number of benzene rings is 2. The molecule has 7 nitrogen and oxygen atoms in total. The van der Waals surface area contributed by atoms with E-state index in [1.165, 1.54) is 6.92 Å². The van der Waals surface area contributed by atoms with Crippen molar-refractivity contribution in [2.24, 2.45) is 0 Å². The lowest BCUT2D eigenvalue weighted by Crippen LogP contribution is -2.57. The monoisotopic (exact) mass is 464 g/mol. The highest BCUT2D eigenvalue weighted by atomic mass is 35.5. The van der Waals surface area contributed by atoms with Crippen molar-refractivity contribution in [1.29, 1.82) is 0 Å². The first kappa shape index (κ1) is 23.3. The summed E-state index contributed by atoms with van der Waals surface area (Å²) in [6.45, 7) is 4.44. The van der Waals surface area contributed by atoms with E-state index in [0.29, 0.717) is 42.4 Å². The van der Waals surface area contributed by atoms with E-state index < -0.39 is 36.6 Å². The third-order valence-electron chi connectivity index (χ3n) is 6.07. The van der Waals surface area contributed by atoms with Gasteiger partial charge in [0.2, 0.25) is 0 Å². The fraction of sp³-hybridized carbons (Fsp3) is 0.500. The van der Waals surface area contributed by atoms with Gasteiger partial charge >= 0.3 is 0 Å². The summed E-state index contributed by atoms with van der Waals surface area (Å²) in [6, 6.07) is 9.58. The third kappa shape index (κ3) is 4.33. The number of aliphatic hydroxyl groups is 4. The highest BCUT2D eigenvalue weighted by Gasteiger charge is 2.47. The van der Waals surface area contributed by atoms with Crippen molar-refractivity contribution >= 4 is 11.6 Å². The Hall–Kier alpha value is -1.87. The predicted octanol–water partition coefficient (Wildman–Crippen LogP) is 2.17. The van der Waals surface area contributed by atoms with Crippen molar-refractivity contribution in [3.8, 4) is 11.5 Å². The van der Waals surface area contributed by atoms with E-state index in [1.54, 1.807) is 0 Å². The molecular weight excluding hydrogens is 436 g/mol. The zero-order valence-corrected chi connectivity index (χ0v) is 18.8. The molecule has 0 aliphatic carbocycles. The van der Waals surface area contributed by atoms with E-state index >= 15 is 0 Å². The second-order valence-corrected chi connectivity index (χ2v) is 8.71. The molecule has 174 valence electrons. The van der Waals surface area contributed by atoms with Crippen LogP contribution in [-0.4, -0.2) is 64.2 Å². The van der Waals surface area contributed by atoms with Crippen LogP contribution >= 0.6 is 11.6 Å². The van der Waals surface area contributed by atoms with Gasteiger partial charge in [0.15, 0.2) is 0 Å². The summed E-state index contributed by atoms with van der Waals surface area (Å²) in [4.78, 5) is 0. The molecule has 2 aliphatic rings. The van der Waals surface area contributed by atoms with Crippen LogP contribution < -0.4 is 9.47 Å². The number of aliphatic hydroxyl groups excluding tert-OH is 4. The van der Waals surface area contributed by atoms with Crippen LogP contribution in [0.4, 0.5) is 0 Å². The van der Waals surface area contributed by atoms with Gasteiger partial charge in [-0.25, -0.2) is 0 Å². The van der Waals surface area contributed by atoms with Crippen LogP contribution in [-0.2, 0) is 17.6 Å². The molecule has 0 spiro atoms. The Morgan fingerprint density at radius 1 is 1.12 bits per heavy atom. The third-order valence-corrected chi connectivity index (χ3v) is 6.54. The number of halogens is 1. The molecule has 1 fully saturated rings. The van der Waals surface area contributed by atoms with Gasteiger partial charge in [0.05, 0.1) is 24.3 Å². The van der Waals surface area contributed by atoms with Crippen LogP contribution in [0.25, 0.3) is 0 Å². The minimum atomic E-state index is -1.48. The van der Waals surface area contributed by atoms with E-state index in [9.17, 15) is 20.4 Å². The molecule has 32 heavy (non-hydrogen) atoms. The minimum Gasteiger partial charge on any atom is -0.494 e. The molecule has 4 rings (SSSR count). The molecular formula is C24H29ClO7. The van der Waals surface area contributed by atoms with Crippen molar-refractivity contribution in [2.45, 2.75) is 63.3 Å². The standard InChI is InChI=1S/C24H29ClO7/c1-3-30-15-6-4-13(5-7-15)10-14-11-17(23-16(18(14)25)8-9-31-23)24-21(29)19(27)20(28)22(32-24)12(2)26/h4-7,11-12,19-22,24,26-29H,3,8-10H2,1-2H3/t12?,19-,20-,21+,22+,24-/m0/s1. The lowest BCUT2D eigenvalue weighted by Gasteiger charge is -2.42. The zero-order chi connectivity index (χ0) is 23.0. The van der Waals surface area contributed by atoms with E-state index in [1.807, 2.05) is 37.3 Å². The van der Waals surface area contributed by atoms with Crippen molar-refractivity contribution in [2.75, 3.05) is 13.2 Å². The van der Waals surface area contributed by atoms with Crippen molar-refractivity contribution in [3.05, 3.63) is 57.6 Å². The Labute approximate surface area is 192 Å². The van der Waals surface area contributed by atoms with Gasteiger partial charge < -0.3 is 34.6 Å². The van der Waals surface area contributed by atoms with Gasteiger partial charge in [0.1, 0.15) is 42.0 Å². The summed E-state index contributed by atoms with van der Waals surface area (Å²) < 4.78 is 17.2. The fourth-order valence-corrected chi connectivity index (χ4v) is 4.73. The van der Waals surface area contributed by atoms with Crippen LogP contribution in [0.3, 0.4) is 0 Å². The molecule has 8 heteroatoms. The Bertz CT molecular complexity index is 946. The maximum absolute atomic E-state index is 10.7.